The van der Waals surface area contributed by atoms with E-state index < -0.39 is 0 Å². The Bertz CT molecular complexity index is 514. The van der Waals surface area contributed by atoms with Crippen LogP contribution in [0.2, 0.25) is 0 Å². The lowest BCUT2D eigenvalue weighted by Gasteiger charge is -2.22. The molecule has 18 heavy (non-hydrogen) atoms. The summed E-state index contributed by atoms with van der Waals surface area (Å²) in [5.41, 5.74) is 0.912. The van der Waals surface area contributed by atoms with Crippen molar-refractivity contribution in [3.05, 3.63) is 42.2 Å². The van der Waals surface area contributed by atoms with Gasteiger partial charge in [0.1, 0.15) is 18.0 Å². The normalized spacial score (nSPS) is 16.9. The molecule has 1 aromatic heterocycles. The fourth-order valence-corrected chi connectivity index (χ4v) is 2.40. The summed E-state index contributed by atoms with van der Waals surface area (Å²) in [6.45, 7) is 2.03. The molecule has 0 bridgehead atoms. The molecule has 0 saturated carbocycles. The van der Waals surface area contributed by atoms with Crippen molar-refractivity contribution in [2.75, 3.05) is 13.1 Å². The highest BCUT2D eigenvalue weighted by Crippen LogP contribution is 2.25. The van der Waals surface area contributed by atoms with E-state index in [1.54, 1.807) is 18.5 Å². The van der Waals surface area contributed by atoms with E-state index in [4.69, 9.17) is 0 Å². The third-order valence-electron chi connectivity index (χ3n) is 3.38. The Morgan fingerprint density at radius 1 is 1.17 bits per heavy atom. The Morgan fingerprint density at radius 3 is 2.61 bits per heavy atom. The Labute approximate surface area is 105 Å². The van der Waals surface area contributed by atoms with E-state index in [2.05, 4.69) is 15.5 Å². The number of halogens is 1. The molecule has 1 aliphatic heterocycles. The summed E-state index contributed by atoms with van der Waals surface area (Å²) in [7, 11) is 0. The van der Waals surface area contributed by atoms with Gasteiger partial charge in [-0.1, -0.05) is 0 Å². The molecule has 1 fully saturated rings. The summed E-state index contributed by atoms with van der Waals surface area (Å²) in [5.74, 6) is 1.18. The topological polar surface area (TPSA) is 42.7 Å². The fraction of sp³-hybridized carbons (Fsp3) is 0.385. The van der Waals surface area contributed by atoms with E-state index in [1.165, 1.54) is 12.1 Å². The van der Waals surface area contributed by atoms with Gasteiger partial charge in [-0.05, 0) is 50.2 Å². The molecule has 4 nitrogen and oxygen atoms in total. The number of hydrogen-bond acceptors (Lipinski definition) is 3. The Morgan fingerprint density at radius 2 is 1.89 bits per heavy atom. The Hall–Kier alpha value is -1.75. The minimum Gasteiger partial charge on any atom is -0.317 e. The second kappa shape index (κ2) is 4.86. The monoisotopic (exact) mass is 246 g/mol. The van der Waals surface area contributed by atoms with Crippen molar-refractivity contribution in [2.24, 2.45) is 0 Å². The predicted octanol–water partition coefficient (Wildman–Crippen LogP) is 1.87. The van der Waals surface area contributed by atoms with Crippen LogP contribution in [0.5, 0.6) is 0 Å². The van der Waals surface area contributed by atoms with Crippen LogP contribution >= 0.6 is 0 Å². The van der Waals surface area contributed by atoms with E-state index in [0.29, 0.717) is 5.92 Å². The van der Waals surface area contributed by atoms with Gasteiger partial charge >= 0.3 is 0 Å². The van der Waals surface area contributed by atoms with Gasteiger partial charge in [-0.2, -0.15) is 0 Å². The average Bonchev–Trinajstić information content (AvgIpc) is 2.90. The highest BCUT2D eigenvalue weighted by molar-refractivity contribution is 5.33. The summed E-state index contributed by atoms with van der Waals surface area (Å²) in [5, 5.41) is 11.6. The van der Waals surface area contributed by atoms with Crippen molar-refractivity contribution in [1.29, 1.82) is 0 Å². The number of nitrogens with zero attached hydrogens (tertiary/aromatic N) is 3. The second-order valence-electron chi connectivity index (χ2n) is 4.56. The largest absolute Gasteiger partial charge is 0.317 e. The van der Waals surface area contributed by atoms with Gasteiger partial charge in [0.15, 0.2) is 0 Å². The molecule has 1 N–H and O–H groups in total. The average molecular weight is 246 g/mol. The van der Waals surface area contributed by atoms with Crippen molar-refractivity contribution in [3.8, 4) is 5.69 Å². The van der Waals surface area contributed by atoms with Crippen LogP contribution in [0.4, 0.5) is 4.39 Å². The SMILES string of the molecule is Fc1ccc(-n2cnnc2C2CCNCC2)cc1. The minimum absolute atomic E-state index is 0.227. The zero-order valence-electron chi connectivity index (χ0n) is 10.0. The van der Waals surface area contributed by atoms with E-state index in [-0.39, 0.29) is 5.82 Å². The van der Waals surface area contributed by atoms with Crippen molar-refractivity contribution >= 4 is 0 Å². The molecule has 3 rings (SSSR count). The molecule has 1 aromatic carbocycles. The number of rotatable bonds is 2. The molecule has 0 unspecified atom stereocenters. The molecule has 0 amide bonds. The minimum atomic E-state index is -0.227. The third-order valence-corrected chi connectivity index (χ3v) is 3.38. The fourth-order valence-electron chi connectivity index (χ4n) is 2.40. The molecular formula is C13H15FN4. The maximum atomic E-state index is 12.9. The van der Waals surface area contributed by atoms with Crippen LogP contribution in [0.25, 0.3) is 5.69 Å². The van der Waals surface area contributed by atoms with Crippen molar-refractivity contribution in [2.45, 2.75) is 18.8 Å². The van der Waals surface area contributed by atoms with Gasteiger partial charge in [-0.15, -0.1) is 10.2 Å². The van der Waals surface area contributed by atoms with Gasteiger partial charge in [0, 0.05) is 11.6 Å². The molecule has 0 spiro atoms. The first kappa shape index (κ1) is 11.3. The molecule has 0 radical (unpaired) electrons. The zero-order chi connectivity index (χ0) is 12.4. The lowest BCUT2D eigenvalue weighted by Crippen LogP contribution is -2.28. The smallest absolute Gasteiger partial charge is 0.140 e. The standard InChI is InChI=1S/C13H15FN4/c14-11-1-3-12(4-2-11)18-9-16-17-13(18)10-5-7-15-8-6-10/h1-4,9-10,15H,5-8H2. The molecule has 2 heterocycles. The molecular weight excluding hydrogens is 231 g/mol. The van der Waals surface area contributed by atoms with E-state index in [9.17, 15) is 4.39 Å². The highest BCUT2D eigenvalue weighted by Gasteiger charge is 2.20. The van der Waals surface area contributed by atoms with E-state index in [1.807, 2.05) is 4.57 Å². The summed E-state index contributed by atoms with van der Waals surface area (Å²) in [6.07, 6.45) is 3.84. The second-order valence-corrected chi connectivity index (χ2v) is 4.56. The first-order valence-electron chi connectivity index (χ1n) is 6.21. The lowest BCUT2D eigenvalue weighted by molar-refractivity contribution is 0.440. The van der Waals surface area contributed by atoms with Crippen LogP contribution in [0.15, 0.2) is 30.6 Å². The lowest BCUT2D eigenvalue weighted by atomic mass is 9.97. The molecule has 0 aliphatic carbocycles. The first-order valence-corrected chi connectivity index (χ1v) is 6.21. The molecule has 94 valence electrons. The van der Waals surface area contributed by atoms with Crippen LogP contribution in [0.1, 0.15) is 24.6 Å². The van der Waals surface area contributed by atoms with Gasteiger partial charge in [0.2, 0.25) is 0 Å². The maximum Gasteiger partial charge on any atom is 0.140 e. The molecule has 0 atom stereocenters. The summed E-state index contributed by atoms with van der Waals surface area (Å²) in [6, 6.07) is 6.43. The Balaban J connectivity index is 1.93. The number of aromatic nitrogens is 3. The molecule has 5 heteroatoms. The van der Waals surface area contributed by atoms with E-state index in [0.717, 1.165) is 37.4 Å². The van der Waals surface area contributed by atoms with Gasteiger partial charge in [0.05, 0.1) is 0 Å². The van der Waals surface area contributed by atoms with Crippen molar-refractivity contribution in [3.63, 3.8) is 0 Å². The van der Waals surface area contributed by atoms with Gasteiger partial charge in [0.25, 0.3) is 0 Å². The van der Waals surface area contributed by atoms with Gasteiger partial charge < -0.3 is 5.32 Å². The van der Waals surface area contributed by atoms with Crippen LogP contribution in [0, 0.1) is 5.82 Å². The van der Waals surface area contributed by atoms with Crippen molar-refractivity contribution in [1.82, 2.24) is 20.1 Å². The van der Waals surface area contributed by atoms with Crippen LogP contribution in [-0.4, -0.2) is 27.9 Å². The number of hydrogen-bond donors (Lipinski definition) is 1. The summed E-state index contributed by atoms with van der Waals surface area (Å²) < 4.78 is 14.9. The number of benzene rings is 1. The number of nitrogens with one attached hydrogen (secondary N) is 1. The molecule has 1 aliphatic rings. The first-order chi connectivity index (χ1) is 8.84. The van der Waals surface area contributed by atoms with Crippen LogP contribution in [0.3, 0.4) is 0 Å². The van der Waals surface area contributed by atoms with E-state index >= 15 is 0 Å². The van der Waals surface area contributed by atoms with Gasteiger partial charge in [-0.3, -0.25) is 4.57 Å². The molecule has 1 saturated heterocycles. The van der Waals surface area contributed by atoms with Gasteiger partial charge in [-0.25, -0.2) is 4.39 Å². The zero-order valence-corrected chi connectivity index (χ0v) is 10.0. The quantitative estimate of drug-likeness (QED) is 0.879. The summed E-state index contributed by atoms with van der Waals surface area (Å²) >= 11 is 0. The maximum absolute atomic E-state index is 12.9. The van der Waals surface area contributed by atoms with Crippen molar-refractivity contribution < 1.29 is 4.39 Å². The Kier molecular flexibility index (Phi) is 3.06. The summed E-state index contributed by atoms with van der Waals surface area (Å²) in [4.78, 5) is 0. The highest BCUT2D eigenvalue weighted by atomic mass is 19.1. The third kappa shape index (κ3) is 2.13. The number of piperidine rings is 1. The van der Waals surface area contributed by atoms with Crippen LogP contribution < -0.4 is 5.32 Å². The predicted molar refractivity (Wildman–Crippen MR) is 66.2 cm³/mol. The molecule has 2 aromatic rings. The van der Waals surface area contributed by atoms with Crippen LogP contribution in [-0.2, 0) is 0 Å².